The van der Waals surface area contributed by atoms with Gasteiger partial charge in [0, 0.05) is 18.2 Å². The Hall–Kier alpha value is -2.88. The number of hydrogen-bond donors (Lipinski definition) is 2. The van der Waals surface area contributed by atoms with Crippen molar-refractivity contribution in [3.05, 3.63) is 77.9 Å². The van der Waals surface area contributed by atoms with Gasteiger partial charge in [-0.05, 0) is 47.7 Å². The van der Waals surface area contributed by atoms with Crippen molar-refractivity contribution in [2.45, 2.75) is 25.2 Å². The summed E-state index contributed by atoms with van der Waals surface area (Å²) in [5, 5.41) is 5.73. The highest BCUT2D eigenvalue weighted by Gasteiger charge is 2.22. The zero-order valence-electron chi connectivity index (χ0n) is 14.1. The molecule has 25 heavy (non-hydrogen) atoms. The second kappa shape index (κ2) is 7.79. The average molecular weight is 334 g/mol. The minimum absolute atomic E-state index is 0.0206. The molecule has 128 valence electrons. The van der Waals surface area contributed by atoms with E-state index in [1.165, 1.54) is 17.2 Å². The van der Waals surface area contributed by atoms with Gasteiger partial charge in [-0.2, -0.15) is 0 Å². The Labute approximate surface area is 148 Å². The summed E-state index contributed by atoms with van der Waals surface area (Å²) < 4.78 is 0. The molecule has 0 heterocycles. The third-order valence-electron chi connectivity index (χ3n) is 4.57. The Morgan fingerprint density at radius 2 is 1.88 bits per heavy atom. The largest absolute Gasteiger partial charge is 0.355 e. The van der Waals surface area contributed by atoms with Crippen LogP contribution in [0.4, 0.5) is 5.69 Å². The van der Waals surface area contributed by atoms with Gasteiger partial charge in [-0.1, -0.05) is 43.0 Å². The molecule has 4 nitrogen and oxygen atoms in total. The van der Waals surface area contributed by atoms with E-state index in [0.29, 0.717) is 24.6 Å². The molecule has 2 N–H and O–H groups in total. The number of aryl methyl sites for hydroxylation is 1. The van der Waals surface area contributed by atoms with Crippen LogP contribution < -0.4 is 10.6 Å². The van der Waals surface area contributed by atoms with Crippen molar-refractivity contribution in [2.24, 2.45) is 0 Å². The van der Waals surface area contributed by atoms with Crippen LogP contribution in [-0.4, -0.2) is 18.4 Å². The molecule has 1 unspecified atom stereocenters. The summed E-state index contributed by atoms with van der Waals surface area (Å²) in [6, 6.07) is 15.7. The Morgan fingerprint density at radius 1 is 1.12 bits per heavy atom. The molecule has 1 atom stereocenters. The first-order chi connectivity index (χ1) is 12.2. The second-order valence-corrected chi connectivity index (χ2v) is 6.31. The highest BCUT2D eigenvalue weighted by molar-refractivity contribution is 5.98. The monoisotopic (exact) mass is 334 g/mol. The topological polar surface area (TPSA) is 58.2 Å². The fourth-order valence-corrected chi connectivity index (χ4v) is 3.24. The number of fused-ring (bicyclic) bond motifs is 1. The second-order valence-electron chi connectivity index (χ2n) is 6.31. The lowest BCUT2D eigenvalue weighted by Crippen LogP contribution is -2.29. The van der Waals surface area contributed by atoms with Gasteiger partial charge in [-0.25, -0.2) is 0 Å². The van der Waals surface area contributed by atoms with Crippen LogP contribution >= 0.6 is 0 Å². The average Bonchev–Trinajstić information content (AvgIpc) is 3.05. The summed E-state index contributed by atoms with van der Waals surface area (Å²) in [5.74, 6) is 0.186. The Bertz CT molecular complexity index is 781. The smallest absolute Gasteiger partial charge is 0.247 e. The summed E-state index contributed by atoms with van der Waals surface area (Å²) in [6.45, 7) is 4.10. The summed E-state index contributed by atoms with van der Waals surface area (Å²) in [6.07, 6.45) is 3.75. The number of carbonyl (C=O) groups excluding carboxylic acids is 2. The number of anilines is 1. The summed E-state index contributed by atoms with van der Waals surface area (Å²) in [7, 11) is 0. The van der Waals surface area contributed by atoms with Gasteiger partial charge in [0.25, 0.3) is 0 Å². The maximum absolute atomic E-state index is 12.2. The normalized spacial score (nSPS) is 15.3. The molecule has 0 aliphatic heterocycles. The Morgan fingerprint density at radius 3 is 2.64 bits per heavy atom. The van der Waals surface area contributed by atoms with Gasteiger partial charge >= 0.3 is 0 Å². The highest BCUT2D eigenvalue weighted by atomic mass is 16.2. The van der Waals surface area contributed by atoms with E-state index in [0.717, 1.165) is 18.4 Å². The number of carbonyl (C=O) groups is 2. The molecule has 0 bridgehead atoms. The molecule has 3 rings (SSSR count). The van der Waals surface area contributed by atoms with Gasteiger partial charge in [0.2, 0.25) is 11.8 Å². The lowest BCUT2D eigenvalue weighted by Gasteiger charge is -2.13. The standard InChI is InChI=1S/C21H22N2O2/c1-2-20(24)23-18-11-7-15(8-12-18)13-21(25)22-14-17-10-9-16-5-3-4-6-19(16)17/h2-8,11-12,17H,1,9-10,13-14H2,(H,22,25)(H,23,24). The van der Waals surface area contributed by atoms with Crippen molar-refractivity contribution >= 4 is 17.5 Å². The quantitative estimate of drug-likeness (QED) is 0.797. The van der Waals surface area contributed by atoms with E-state index in [-0.39, 0.29) is 11.8 Å². The Balaban J connectivity index is 1.50. The molecule has 0 spiro atoms. The maximum atomic E-state index is 12.2. The maximum Gasteiger partial charge on any atom is 0.247 e. The molecule has 1 aliphatic rings. The van der Waals surface area contributed by atoms with Crippen LogP contribution in [0.25, 0.3) is 0 Å². The lowest BCUT2D eigenvalue weighted by atomic mass is 10.0. The van der Waals surface area contributed by atoms with Crippen molar-refractivity contribution in [3.8, 4) is 0 Å². The van der Waals surface area contributed by atoms with Crippen LogP contribution in [0, 0.1) is 0 Å². The van der Waals surface area contributed by atoms with E-state index in [1.807, 2.05) is 12.1 Å². The number of hydrogen-bond acceptors (Lipinski definition) is 2. The number of nitrogens with one attached hydrogen (secondary N) is 2. The summed E-state index contributed by atoms with van der Waals surface area (Å²) in [4.78, 5) is 23.4. The van der Waals surface area contributed by atoms with Crippen LogP contribution in [0.15, 0.2) is 61.2 Å². The highest BCUT2D eigenvalue weighted by Crippen LogP contribution is 2.32. The third-order valence-corrected chi connectivity index (χ3v) is 4.57. The van der Waals surface area contributed by atoms with Crippen LogP contribution in [0.5, 0.6) is 0 Å². The molecule has 1 aliphatic carbocycles. The molecule has 2 amide bonds. The molecule has 0 saturated carbocycles. The van der Waals surface area contributed by atoms with Gasteiger partial charge in [-0.15, -0.1) is 0 Å². The first kappa shape index (κ1) is 17.0. The zero-order valence-corrected chi connectivity index (χ0v) is 14.1. The van der Waals surface area contributed by atoms with E-state index in [9.17, 15) is 9.59 Å². The minimum Gasteiger partial charge on any atom is -0.355 e. The summed E-state index contributed by atoms with van der Waals surface area (Å²) in [5.41, 5.74) is 4.38. The van der Waals surface area contributed by atoms with Gasteiger partial charge in [0.1, 0.15) is 0 Å². The zero-order chi connectivity index (χ0) is 17.6. The molecule has 0 fully saturated rings. The van der Waals surface area contributed by atoms with E-state index in [1.54, 1.807) is 12.1 Å². The predicted octanol–water partition coefficient (Wildman–Crippen LogP) is 3.20. The van der Waals surface area contributed by atoms with Crippen molar-refractivity contribution in [1.82, 2.24) is 5.32 Å². The molecule has 0 aromatic heterocycles. The predicted molar refractivity (Wildman–Crippen MR) is 99.5 cm³/mol. The number of rotatable bonds is 6. The molecular weight excluding hydrogens is 312 g/mol. The van der Waals surface area contributed by atoms with Crippen molar-refractivity contribution in [3.63, 3.8) is 0 Å². The van der Waals surface area contributed by atoms with Gasteiger partial charge in [0.15, 0.2) is 0 Å². The molecule has 4 heteroatoms. The molecule has 0 radical (unpaired) electrons. The van der Waals surface area contributed by atoms with Crippen LogP contribution in [0.2, 0.25) is 0 Å². The van der Waals surface area contributed by atoms with Crippen molar-refractivity contribution in [1.29, 1.82) is 0 Å². The van der Waals surface area contributed by atoms with Gasteiger partial charge < -0.3 is 10.6 Å². The van der Waals surface area contributed by atoms with Crippen LogP contribution in [0.3, 0.4) is 0 Å². The van der Waals surface area contributed by atoms with Crippen LogP contribution in [0.1, 0.15) is 29.0 Å². The van der Waals surface area contributed by atoms with E-state index in [2.05, 4.69) is 41.5 Å². The third kappa shape index (κ3) is 4.35. The molecule has 2 aromatic rings. The first-order valence-corrected chi connectivity index (χ1v) is 8.52. The molecule has 0 saturated heterocycles. The minimum atomic E-state index is -0.248. The molecular formula is C21H22N2O2. The first-order valence-electron chi connectivity index (χ1n) is 8.52. The number of benzene rings is 2. The molecule has 2 aromatic carbocycles. The van der Waals surface area contributed by atoms with Gasteiger partial charge in [-0.3, -0.25) is 9.59 Å². The summed E-state index contributed by atoms with van der Waals surface area (Å²) >= 11 is 0. The van der Waals surface area contributed by atoms with E-state index < -0.39 is 0 Å². The van der Waals surface area contributed by atoms with Gasteiger partial charge in [0.05, 0.1) is 6.42 Å². The van der Waals surface area contributed by atoms with E-state index >= 15 is 0 Å². The Kier molecular flexibility index (Phi) is 5.29. The van der Waals surface area contributed by atoms with Crippen LogP contribution in [-0.2, 0) is 22.4 Å². The van der Waals surface area contributed by atoms with Crippen molar-refractivity contribution < 1.29 is 9.59 Å². The lowest BCUT2D eigenvalue weighted by molar-refractivity contribution is -0.120. The van der Waals surface area contributed by atoms with Crippen molar-refractivity contribution in [2.75, 3.05) is 11.9 Å². The fourth-order valence-electron chi connectivity index (χ4n) is 3.24. The fraction of sp³-hybridized carbons (Fsp3) is 0.238. The number of amides is 2. The van der Waals surface area contributed by atoms with E-state index in [4.69, 9.17) is 0 Å². The SMILES string of the molecule is C=CC(=O)Nc1ccc(CC(=O)NCC2CCc3ccccc32)cc1.